The monoisotopic (exact) mass is 486 g/mol. The first-order chi connectivity index (χ1) is 16.3. The zero-order chi connectivity index (χ0) is 24.7. The topological polar surface area (TPSA) is 95.9 Å². The largest absolute Gasteiger partial charge is 0.487 e. The van der Waals surface area contributed by atoms with Gasteiger partial charge in [-0.3, -0.25) is 4.90 Å². The van der Waals surface area contributed by atoms with Crippen LogP contribution in [-0.2, 0) is 16.6 Å². The zero-order valence-corrected chi connectivity index (χ0v) is 21.1. The van der Waals surface area contributed by atoms with Crippen molar-refractivity contribution < 1.29 is 18.3 Å². The van der Waals surface area contributed by atoms with Crippen LogP contribution in [0.2, 0.25) is 0 Å². The molecule has 0 unspecified atom stereocenters. The van der Waals surface area contributed by atoms with Crippen LogP contribution < -0.4 is 4.74 Å². The Hall–Kier alpha value is -2.51. The molecule has 1 aliphatic rings. The Bertz CT molecular complexity index is 1110. The number of aliphatic hydroxyl groups is 1. The first-order valence-electron chi connectivity index (χ1n) is 11.6. The van der Waals surface area contributed by atoms with E-state index >= 15 is 0 Å². The number of benzene rings is 1. The van der Waals surface area contributed by atoms with E-state index in [-0.39, 0.29) is 30.1 Å². The lowest BCUT2D eigenvalue weighted by Crippen LogP contribution is -2.49. The molecule has 8 nitrogen and oxygen atoms in total. The molecule has 1 aromatic heterocycles. The standard InChI is InChI=1S/C25H34N4O4S/c1-5-6-7-8-21-9-10-25-23(11-21)33-24(16-28(4)15-22-12-26-18-27-13-22)19(2)14-29(20(3)17-30)34(25,31)32/h9-13,18-20,24,30H,5-6,14-17H2,1-4H3/t19-,20+,24+/m1/s1. The number of nitrogens with zero attached hydrogens (tertiary/aromatic N) is 4. The minimum atomic E-state index is -3.86. The lowest BCUT2D eigenvalue weighted by Gasteiger charge is -2.37. The van der Waals surface area contributed by atoms with Crippen molar-refractivity contribution in [3.05, 3.63) is 48.0 Å². The van der Waals surface area contributed by atoms with Crippen LogP contribution in [0, 0.1) is 17.8 Å². The maximum absolute atomic E-state index is 13.5. The highest BCUT2D eigenvalue weighted by Gasteiger charge is 2.38. The van der Waals surface area contributed by atoms with Crippen molar-refractivity contribution in [1.29, 1.82) is 0 Å². The van der Waals surface area contributed by atoms with E-state index in [0.717, 1.165) is 18.4 Å². The van der Waals surface area contributed by atoms with Gasteiger partial charge in [-0.25, -0.2) is 18.4 Å². The second kappa shape index (κ2) is 11.8. The van der Waals surface area contributed by atoms with E-state index in [0.29, 0.717) is 24.4 Å². The van der Waals surface area contributed by atoms with Gasteiger partial charge in [-0.05, 0) is 38.6 Å². The summed E-state index contributed by atoms with van der Waals surface area (Å²) in [6.07, 6.45) is 6.50. The summed E-state index contributed by atoms with van der Waals surface area (Å²) in [5.74, 6) is 6.38. The molecule has 0 radical (unpaired) electrons. The maximum Gasteiger partial charge on any atom is 0.247 e. The van der Waals surface area contributed by atoms with Crippen LogP contribution in [0.5, 0.6) is 5.75 Å². The van der Waals surface area contributed by atoms with Gasteiger partial charge >= 0.3 is 0 Å². The van der Waals surface area contributed by atoms with E-state index in [9.17, 15) is 13.5 Å². The highest BCUT2D eigenvalue weighted by atomic mass is 32.2. The lowest BCUT2D eigenvalue weighted by atomic mass is 10.0. The van der Waals surface area contributed by atoms with E-state index in [1.807, 2.05) is 14.0 Å². The number of likely N-dealkylation sites (N-methyl/N-ethyl adjacent to an activating group) is 1. The lowest BCUT2D eigenvalue weighted by molar-refractivity contribution is 0.0733. The van der Waals surface area contributed by atoms with Crippen molar-refractivity contribution in [1.82, 2.24) is 19.2 Å². The van der Waals surface area contributed by atoms with Crippen LogP contribution in [0.1, 0.15) is 44.7 Å². The molecule has 0 fully saturated rings. The van der Waals surface area contributed by atoms with Gasteiger partial charge in [-0.2, -0.15) is 4.31 Å². The first kappa shape index (κ1) is 26.1. The predicted octanol–water partition coefficient (Wildman–Crippen LogP) is 2.53. The number of hydrogen-bond donors (Lipinski definition) is 1. The fourth-order valence-corrected chi connectivity index (χ4v) is 5.73. The average molecular weight is 487 g/mol. The van der Waals surface area contributed by atoms with Crippen LogP contribution in [0.3, 0.4) is 0 Å². The molecule has 2 aromatic rings. The summed E-state index contributed by atoms with van der Waals surface area (Å²) in [5, 5.41) is 9.78. The van der Waals surface area contributed by atoms with Gasteiger partial charge in [0.15, 0.2) is 0 Å². The first-order valence-corrected chi connectivity index (χ1v) is 13.0. The molecule has 184 valence electrons. The molecule has 0 saturated carbocycles. The van der Waals surface area contributed by atoms with Crippen LogP contribution in [0.25, 0.3) is 0 Å². The zero-order valence-electron chi connectivity index (χ0n) is 20.3. The average Bonchev–Trinajstić information content (AvgIpc) is 2.81. The molecule has 0 spiro atoms. The normalized spacial score (nSPS) is 20.9. The number of aromatic nitrogens is 2. The van der Waals surface area contributed by atoms with Crippen molar-refractivity contribution in [3.8, 4) is 17.6 Å². The number of hydrogen-bond acceptors (Lipinski definition) is 7. The van der Waals surface area contributed by atoms with Crippen molar-refractivity contribution >= 4 is 10.0 Å². The molecule has 9 heteroatoms. The van der Waals surface area contributed by atoms with Crippen LogP contribution >= 0.6 is 0 Å². The van der Waals surface area contributed by atoms with Crippen molar-refractivity contribution in [2.45, 2.75) is 57.2 Å². The second-order valence-electron chi connectivity index (χ2n) is 8.90. The van der Waals surface area contributed by atoms with Gasteiger partial charge in [0.05, 0.1) is 6.61 Å². The minimum Gasteiger partial charge on any atom is -0.487 e. The Kier molecular flexibility index (Phi) is 9.03. The molecular formula is C25H34N4O4S. The SMILES string of the molecule is CCCC#Cc1ccc2c(c1)O[C@@H](CN(C)Cc1cncnc1)[C@H](C)CN([C@@H](C)CO)S2(=O)=O. The molecule has 0 amide bonds. The summed E-state index contributed by atoms with van der Waals surface area (Å²) < 4.78 is 34.9. The van der Waals surface area contributed by atoms with Gasteiger partial charge < -0.3 is 9.84 Å². The molecule has 1 N–H and O–H groups in total. The number of fused-ring (bicyclic) bond motifs is 1. The summed E-state index contributed by atoms with van der Waals surface area (Å²) >= 11 is 0. The Morgan fingerprint density at radius 1 is 1.32 bits per heavy atom. The molecule has 1 aliphatic heterocycles. The summed E-state index contributed by atoms with van der Waals surface area (Å²) in [4.78, 5) is 10.4. The molecule has 3 atom stereocenters. The third kappa shape index (κ3) is 6.33. The molecule has 0 bridgehead atoms. The third-order valence-corrected chi connectivity index (χ3v) is 7.85. The molecular weight excluding hydrogens is 452 g/mol. The molecule has 34 heavy (non-hydrogen) atoms. The predicted molar refractivity (Wildman–Crippen MR) is 131 cm³/mol. The molecule has 0 saturated heterocycles. The minimum absolute atomic E-state index is 0.102. The second-order valence-corrected chi connectivity index (χ2v) is 10.8. The fraction of sp³-hybridized carbons (Fsp3) is 0.520. The Morgan fingerprint density at radius 3 is 2.74 bits per heavy atom. The van der Waals surface area contributed by atoms with E-state index in [1.165, 1.54) is 10.6 Å². The van der Waals surface area contributed by atoms with Crippen molar-refractivity contribution in [3.63, 3.8) is 0 Å². The summed E-state index contributed by atoms with van der Waals surface area (Å²) in [7, 11) is -1.87. The number of rotatable bonds is 7. The third-order valence-electron chi connectivity index (χ3n) is 5.83. The van der Waals surface area contributed by atoms with Gasteiger partial charge in [0, 0.05) is 61.5 Å². The fourth-order valence-electron chi connectivity index (χ4n) is 3.91. The molecule has 3 rings (SSSR count). The summed E-state index contributed by atoms with van der Waals surface area (Å²) in [6.45, 7) is 6.95. The van der Waals surface area contributed by atoms with E-state index in [2.05, 4.69) is 33.6 Å². The molecule has 1 aromatic carbocycles. The number of ether oxygens (including phenoxy) is 1. The quantitative estimate of drug-likeness (QED) is 0.601. The summed E-state index contributed by atoms with van der Waals surface area (Å²) in [6, 6.07) is 4.44. The van der Waals surface area contributed by atoms with Crippen molar-refractivity contribution in [2.75, 3.05) is 26.7 Å². The Labute approximate surface area is 203 Å². The maximum atomic E-state index is 13.5. The smallest absolute Gasteiger partial charge is 0.247 e. The Morgan fingerprint density at radius 2 is 2.06 bits per heavy atom. The van der Waals surface area contributed by atoms with Crippen molar-refractivity contribution in [2.24, 2.45) is 5.92 Å². The van der Waals surface area contributed by atoms with Gasteiger partial charge in [-0.15, -0.1) is 0 Å². The van der Waals surface area contributed by atoms with Gasteiger partial charge in [0.2, 0.25) is 10.0 Å². The number of unbranched alkanes of at least 4 members (excludes halogenated alkanes) is 1. The van der Waals surface area contributed by atoms with Gasteiger partial charge in [0.1, 0.15) is 23.1 Å². The van der Waals surface area contributed by atoms with Crippen LogP contribution in [0.4, 0.5) is 0 Å². The highest BCUT2D eigenvalue weighted by Crippen LogP contribution is 2.34. The molecule has 2 heterocycles. The van der Waals surface area contributed by atoms with E-state index in [1.54, 1.807) is 37.5 Å². The van der Waals surface area contributed by atoms with Gasteiger partial charge in [0.25, 0.3) is 0 Å². The summed E-state index contributed by atoms with van der Waals surface area (Å²) in [5.41, 5.74) is 1.70. The van der Waals surface area contributed by atoms with Crippen LogP contribution in [0.15, 0.2) is 41.8 Å². The number of sulfonamides is 1. The van der Waals surface area contributed by atoms with Gasteiger partial charge in [-0.1, -0.05) is 25.7 Å². The number of aliphatic hydroxyl groups excluding tert-OH is 1. The van der Waals surface area contributed by atoms with Crippen LogP contribution in [-0.4, -0.2) is 71.6 Å². The van der Waals surface area contributed by atoms with E-state index < -0.39 is 16.1 Å². The molecule has 0 aliphatic carbocycles. The highest BCUT2D eigenvalue weighted by molar-refractivity contribution is 7.89. The van der Waals surface area contributed by atoms with E-state index in [4.69, 9.17) is 4.74 Å². The Balaban J connectivity index is 1.97.